The van der Waals surface area contributed by atoms with Crippen LogP contribution < -0.4 is 10.9 Å². The van der Waals surface area contributed by atoms with Gasteiger partial charge in [0.1, 0.15) is 11.6 Å². The molecule has 0 saturated carbocycles. The molecule has 162 valence electrons. The van der Waals surface area contributed by atoms with E-state index in [0.29, 0.717) is 28.0 Å². The number of benzene rings is 3. The first-order valence-electron chi connectivity index (χ1n) is 10.1. The van der Waals surface area contributed by atoms with Gasteiger partial charge in [-0.1, -0.05) is 24.3 Å². The van der Waals surface area contributed by atoms with Crippen molar-refractivity contribution in [2.45, 2.75) is 6.92 Å². The van der Waals surface area contributed by atoms with Gasteiger partial charge < -0.3 is 0 Å². The first kappa shape index (κ1) is 20.3. The molecule has 3 aromatic carbocycles. The number of hydrogen-bond donors (Lipinski definition) is 2. The van der Waals surface area contributed by atoms with Gasteiger partial charge in [-0.05, 0) is 55.5 Å². The molecule has 9 heteroatoms. The third-order valence-corrected chi connectivity index (χ3v) is 5.17. The Hall–Kier alpha value is -4.66. The van der Waals surface area contributed by atoms with Crippen LogP contribution in [0.5, 0.6) is 0 Å². The van der Waals surface area contributed by atoms with Gasteiger partial charge in [-0.2, -0.15) is 4.98 Å². The Morgan fingerprint density at radius 2 is 1.70 bits per heavy atom. The van der Waals surface area contributed by atoms with Gasteiger partial charge in [-0.3, -0.25) is 24.6 Å². The Kier molecular flexibility index (Phi) is 4.98. The minimum absolute atomic E-state index is 0.0214. The Labute approximate surface area is 186 Å². The lowest BCUT2D eigenvalue weighted by Crippen LogP contribution is -2.22. The summed E-state index contributed by atoms with van der Waals surface area (Å²) < 4.78 is 15.4. The van der Waals surface area contributed by atoms with Crippen molar-refractivity contribution < 1.29 is 9.18 Å². The molecule has 0 saturated heterocycles. The highest BCUT2D eigenvalue weighted by molar-refractivity contribution is 6.03. The minimum Gasteiger partial charge on any atom is -0.289 e. The number of carbonyl (C=O) groups is 1. The molecule has 5 rings (SSSR count). The van der Waals surface area contributed by atoms with E-state index in [9.17, 15) is 14.0 Å². The number of aromatic amines is 1. The Morgan fingerprint density at radius 1 is 0.970 bits per heavy atom. The predicted octanol–water partition coefficient (Wildman–Crippen LogP) is 3.87. The molecule has 0 bridgehead atoms. The number of nitrogens with zero attached hydrogens (tertiary/aromatic N) is 4. The molecular weight excluding hydrogens is 423 g/mol. The molecule has 0 unspecified atom stereocenters. The molecule has 33 heavy (non-hydrogen) atoms. The largest absolute Gasteiger partial charge is 0.289 e. The lowest BCUT2D eigenvalue weighted by atomic mass is 10.2. The number of para-hydroxylation sites is 1. The summed E-state index contributed by atoms with van der Waals surface area (Å²) in [4.78, 5) is 34.2. The topological polar surface area (TPSA) is 106 Å². The number of halogens is 1. The van der Waals surface area contributed by atoms with Gasteiger partial charge in [-0.15, -0.1) is 5.10 Å². The average molecular weight is 440 g/mol. The fourth-order valence-electron chi connectivity index (χ4n) is 3.57. The molecule has 0 aliphatic carbocycles. The number of anilines is 1. The first-order valence-corrected chi connectivity index (χ1v) is 10.1. The number of aromatic nitrogens is 5. The van der Waals surface area contributed by atoms with Crippen molar-refractivity contribution >= 4 is 22.8 Å². The average Bonchev–Trinajstić information content (AvgIpc) is 3.28. The van der Waals surface area contributed by atoms with E-state index < -0.39 is 11.7 Å². The maximum atomic E-state index is 13.9. The monoisotopic (exact) mass is 440 g/mol. The molecule has 8 nitrogen and oxygen atoms in total. The van der Waals surface area contributed by atoms with Gasteiger partial charge in [-0.25, -0.2) is 9.37 Å². The zero-order chi connectivity index (χ0) is 22.9. The van der Waals surface area contributed by atoms with E-state index in [1.54, 1.807) is 67.6 Å². The summed E-state index contributed by atoms with van der Waals surface area (Å²) in [7, 11) is 0. The van der Waals surface area contributed by atoms with Gasteiger partial charge in [0.2, 0.25) is 5.95 Å². The van der Waals surface area contributed by atoms with Crippen LogP contribution in [0, 0.1) is 12.7 Å². The van der Waals surface area contributed by atoms with Gasteiger partial charge >= 0.3 is 0 Å². The van der Waals surface area contributed by atoms with Crippen LogP contribution in [0.1, 0.15) is 16.2 Å². The second-order valence-electron chi connectivity index (χ2n) is 7.31. The number of hydrogen-bond acceptors (Lipinski definition) is 5. The quantitative estimate of drug-likeness (QED) is 0.441. The van der Waals surface area contributed by atoms with E-state index in [0.717, 1.165) is 0 Å². The van der Waals surface area contributed by atoms with Crippen molar-refractivity contribution in [1.82, 2.24) is 24.7 Å². The molecule has 0 fully saturated rings. The van der Waals surface area contributed by atoms with Crippen LogP contribution >= 0.6 is 0 Å². The predicted molar refractivity (Wildman–Crippen MR) is 122 cm³/mol. The number of rotatable bonds is 4. The van der Waals surface area contributed by atoms with Gasteiger partial charge in [0.25, 0.3) is 11.5 Å². The summed E-state index contributed by atoms with van der Waals surface area (Å²) in [6.07, 6.45) is 0. The molecular formula is C24H17FN6O2. The molecule has 0 aliphatic heterocycles. The summed E-state index contributed by atoms with van der Waals surface area (Å²) >= 11 is 0. The summed E-state index contributed by atoms with van der Waals surface area (Å²) in [5, 5.41) is 9.64. The lowest BCUT2D eigenvalue weighted by molar-refractivity contribution is 0.102. The summed E-state index contributed by atoms with van der Waals surface area (Å²) in [6.45, 7) is 1.75. The van der Waals surface area contributed by atoms with Crippen molar-refractivity contribution in [3.05, 3.63) is 100 Å². The van der Waals surface area contributed by atoms with Crippen molar-refractivity contribution in [1.29, 1.82) is 0 Å². The molecule has 1 amide bonds. The fourth-order valence-corrected chi connectivity index (χ4v) is 3.57. The van der Waals surface area contributed by atoms with Gasteiger partial charge in [0.05, 0.1) is 22.2 Å². The standard InChI is InChI=1S/C24H17FN6O2/c1-14-26-20-9-5-3-7-18(20)23(33)31(14)16-12-10-15(11-13-16)22(32)28-24-27-21(29-30-24)17-6-2-4-8-19(17)25/h2-13H,1H3,(H2,27,28,29,30,32). The zero-order valence-corrected chi connectivity index (χ0v) is 17.4. The normalized spacial score (nSPS) is 11.0. The molecule has 0 atom stereocenters. The number of aryl methyl sites for hydroxylation is 1. The van der Waals surface area contributed by atoms with Crippen LogP contribution in [-0.4, -0.2) is 30.6 Å². The van der Waals surface area contributed by atoms with Gasteiger partial charge in [0.15, 0.2) is 5.82 Å². The second-order valence-corrected chi connectivity index (χ2v) is 7.31. The van der Waals surface area contributed by atoms with Crippen LogP contribution in [0.15, 0.2) is 77.6 Å². The number of nitrogens with one attached hydrogen (secondary N) is 2. The van der Waals surface area contributed by atoms with Crippen LogP contribution in [0.3, 0.4) is 0 Å². The second kappa shape index (κ2) is 8.12. The SMILES string of the molecule is Cc1nc2ccccc2c(=O)n1-c1ccc(C(=O)Nc2n[nH]c(-c3ccccc3F)n2)cc1. The number of amides is 1. The number of carbonyl (C=O) groups excluding carboxylic acids is 1. The number of fused-ring (bicyclic) bond motifs is 1. The van der Waals surface area contributed by atoms with Crippen molar-refractivity contribution in [2.75, 3.05) is 5.32 Å². The highest BCUT2D eigenvalue weighted by atomic mass is 19.1. The van der Waals surface area contributed by atoms with Gasteiger partial charge in [0, 0.05) is 5.56 Å². The zero-order valence-electron chi connectivity index (χ0n) is 17.4. The molecule has 0 radical (unpaired) electrons. The molecule has 2 aromatic heterocycles. The van der Waals surface area contributed by atoms with E-state index in [2.05, 4.69) is 25.5 Å². The maximum absolute atomic E-state index is 13.9. The fraction of sp³-hybridized carbons (Fsp3) is 0.0417. The Balaban J connectivity index is 1.39. The van der Waals surface area contributed by atoms with E-state index >= 15 is 0 Å². The molecule has 0 spiro atoms. The highest BCUT2D eigenvalue weighted by Crippen LogP contribution is 2.20. The van der Waals surface area contributed by atoms with E-state index in [-0.39, 0.29) is 22.9 Å². The van der Waals surface area contributed by atoms with Crippen molar-refractivity contribution in [3.63, 3.8) is 0 Å². The summed E-state index contributed by atoms with van der Waals surface area (Å²) in [6, 6.07) is 19.8. The number of H-pyrrole nitrogens is 1. The lowest BCUT2D eigenvalue weighted by Gasteiger charge is -2.11. The first-order chi connectivity index (χ1) is 16.0. The van der Waals surface area contributed by atoms with Crippen LogP contribution in [-0.2, 0) is 0 Å². The van der Waals surface area contributed by atoms with Crippen molar-refractivity contribution in [2.24, 2.45) is 0 Å². The highest BCUT2D eigenvalue weighted by Gasteiger charge is 2.14. The molecule has 5 aromatic rings. The Bertz CT molecular complexity index is 1560. The Morgan fingerprint density at radius 3 is 2.48 bits per heavy atom. The summed E-state index contributed by atoms with van der Waals surface area (Å²) in [5.41, 5.74) is 1.63. The maximum Gasteiger partial charge on any atom is 0.265 e. The molecule has 2 N–H and O–H groups in total. The molecule has 2 heterocycles. The van der Waals surface area contributed by atoms with Crippen LogP contribution in [0.2, 0.25) is 0 Å². The van der Waals surface area contributed by atoms with Crippen molar-refractivity contribution in [3.8, 4) is 17.1 Å². The molecule has 0 aliphatic rings. The van der Waals surface area contributed by atoms with E-state index in [4.69, 9.17) is 0 Å². The smallest absolute Gasteiger partial charge is 0.265 e. The van der Waals surface area contributed by atoms with E-state index in [1.807, 2.05) is 6.07 Å². The third-order valence-electron chi connectivity index (χ3n) is 5.17. The third kappa shape index (κ3) is 3.76. The summed E-state index contributed by atoms with van der Waals surface area (Å²) in [5.74, 6) is -0.125. The van der Waals surface area contributed by atoms with Crippen LogP contribution in [0.4, 0.5) is 10.3 Å². The van der Waals surface area contributed by atoms with E-state index in [1.165, 1.54) is 10.6 Å². The van der Waals surface area contributed by atoms with Crippen LogP contribution in [0.25, 0.3) is 28.0 Å². The minimum atomic E-state index is -0.448.